The monoisotopic (exact) mass is 689 g/mol. The number of hydrogen-bond acceptors (Lipinski definition) is 10. The molecule has 0 aliphatic carbocycles. The topological polar surface area (TPSA) is 159 Å². The molecule has 0 aromatic carbocycles. The molecule has 2 saturated heterocycles. The molecule has 2 fully saturated rings. The molecule has 0 spiro atoms. The number of rotatable bonds is 9. The normalized spacial score (nSPS) is 20.2. The quantitative estimate of drug-likeness (QED) is 0.197. The van der Waals surface area contributed by atoms with Gasteiger partial charge in [0, 0.05) is 55.9 Å². The number of β-amino-alcohol motifs (C(OH)–C–C–N with tert-alkyl or cyclic N) is 1. The van der Waals surface area contributed by atoms with Crippen LogP contribution in [-0.2, 0) is 16.1 Å². The van der Waals surface area contributed by atoms with Crippen LogP contribution in [0, 0.1) is 19.8 Å². The summed E-state index contributed by atoms with van der Waals surface area (Å²) in [5, 5.41) is 17.9. The van der Waals surface area contributed by atoms with Crippen LogP contribution < -0.4 is 5.32 Å². The fourth-order valence-electron chi connectivity index (χ4n) is 6.53. The van der Waals surface area contributed by atoms with E-state index in [2.05, 4.69) is 51.2 Å². The lowest BCUT2D eigenvalue weighted by Gasteiger charge is -2.39. The van der Waals surface area contributed by atoms with Gasteiger partial charge in [-0.25, -0.2) is 15.0 Å². The van der Waals surface area contributed by atoms with Gasteiger partial charge in [-0.2, -0.15) is 5.10 Å². The SMILES string of the molecule is CC[C@@H]1[C@@H](CN2CC(O)C2)C[C@@H](C(=O)Nc2nc(Br)ccc2C)N1C(=O)Cn1nc(C(C)=O)c2cc(-c3cnc(C)nc3)ncc21. The first-order valence-electron chi connectivity index (χ1n) is 15.3. The van der Waals surface area contributed by atoms with Crippen molar-refractivity contribution in [1.82, 2.24) is 39.5 Å². The van der Waals surface area contributed by atoms with E-state index < -0.39 is 6.04 Å². The summed E-state index contributed by atoms with van der Waals surface area (Å²) < 4.78 is 2.09. The minimum atomic E-state index is -0.741. The highest BCUT2D eigenvalue weighted by molar-refractivity contribution is 9.10. The number of fused-ring (bicyclic) bond motifs is 1. The highest BCUT2D eigenvalue weighted by Crippen LogP contribution is 2.35. The Kier molecular flexibility index (Phi) is 8.95. The standard InChI is InChI=1S/C32H36BrN9O4/c1-5-25-20(13-40-14-22(44)15-40)8-26(32(46)38-31-17(2)6-7-28(33)37-31)42(25)29(45)16-41-27-12-36-24(21-10-34-19(4)35-11-21)9-23(27)30(39-41)18(3)43/h6-7,9-12,20,22,25-26,44H,5,8,13-16H2,1-4H3,(H,37,38,46)/t20-,25-,26+/m1/s1. The Bertz CT molecular complexity index is 1810. The Balaban J connectivity index is 1.32. The summed E-state index contributed by atoms with van der Waals surface area (Å²) in [7, 11) is 0. The van der Waals surface area contributed by atoms with Crippen molar-refractivity contribution < 1.29 is 19.5 Å². The van der Waals surface area contributed by atoms with Crippen LogP contribution in [0.3, 0.4) is 0 Å². The van der Waals surface area contributed by atoms with E-state index in [1.54, 1.807) is 42.5 Å². The molecule has 4 aromatic heterocycles. The lowest BCUT2D eigenvalue weighted by molar-refractivity contribution is -0.139. The zero-order chi connectivity index (χ0) is 32.7. The van der Waals surface area contributed by atoms with Gasteiger partial charge >= 0.3 is 0 Å². The van der Waals surface area contributed by atoms with Gasteiger partial charge in [-0.3, -0.25) is 28.9 Å². The molecule has 2 aliphatic heterocycles. The number of aryl methyl sites for hydroxylation is 2. The Morgan fingerprint density at radius 2 is 1.83 bits per heavy atom. The van der Waals surface area contributed by atoms with Gasteiger partial charge in [-0.1, -0.05) is 13.0 Å². The third-order valence-electron chi connectivity index (χ3n) is 8.84. The largest absolute Gasteiger partial charge is 0.390 e. The van der Waals surface area contributed by atoms with E-state index in [9.17, 15) is 19.5 Å². The lowest BCUT2D eigenvalue weighted by Crippen LogP contribution is -2.53. The summed E-state index contributed by atoms with van der Waals surface area (Å²) >= 11 is 3.37. The third-order valence-corrected chi connectivity index (χ3v) is 9.28. The molecule has 2 amide bonds. The second-order valence-electron chi connectivity index (χ2n) is 12.1. The summed E-state index contributed by atoms with van der Waals surface area (Å²) in [6, 6.07) is 4.47. The summed E-state index contributed by atoms with van der Waals surface area (Å²) in [5.74, 6) is 0.247. The fraction of sp³-hybridized carbons (Fsp3) is 0.438. The molecule has 0 bridgehead atoms. The van der Waals surface area contributed by atoms with E-state index in [0.29, 0.717) is 70.9 Å². The van der Waals surface area contributed by atoms with Crippen LogP contribution in [0.2, 0.25) is 0 Å². The molecule has 13 nitrogen and oxygen atoms in total. The minimum Gasteiger partial charge on any atom is -0.390 e. The molecule has 240 valence electrons. The van der Waals surface area contributed by atoms with Gasteiger partial charge in [0.25, 0.3) is 0 Å². The molecule has 2 aliphatic rings. The number of carbonyl (C=O) groups is 3. The Morgan fingerprint density at radius 1 is 1.09 bits per heavy atom. The molecular formula is C32H36BrN9O4. The van der Waals surface area contributed by atoms with Crippen molar-refractivity contribution >= 4 is 50.2 Å². The third kappa shape index (κ3) is 6.29. The molecule has 6 rings (SSSR count). The number of Topliss-reactive ketones (excluding diaryl/α,β-unsaturated/α-hetero) is 1. The maximum absolute atomic E-state index is 14.3. The van der Waals surface area contributed by atoms with Crippen LogP contribution in [0.25, 0.3) is 22.2 Å². The molecule has 0 radical (unpaired) electrons. The van der Waals surface area contributed by atoms with Crippen molar-refractivity contribution in [2.24, 2.45) is 5.92 Å². The molecular weight excluding hydrogens is 654 g/mol. The molecule has 4 aromatic rings. The minimum absolute atomic E-state index is 0.0249. The molecule has 2 N–H and O–H groups in total. The second-order valence-corrected chi connectivity index (χ2v) is 12.9. The highest BCUT2D eigenvalue weighted by atomic mass is 79.9. The van der Waals surface area contributed by atoms with Crippen LogP contribution in [-0.4, -0.2) is 100 Å². The number of anilines is 1. The number of pyridine rings is 2. The number of nitrogens with one attached hydrogen (secondary N) is 1. The maximum Gasteiger partial charge on any atom is 0.248 e. The van der Waals surface area contributed by atoms with E-state index in [0.717, 1.165) is 5.56 Å². The molecule has 0 unspecified atom stereocenters. The van der Waals surface area contributed by atoms with Gasteiger partial charge in [0.15, 0.2) is 5.78 Å². The first-order chi connectivity index (χ1) is 22.0. The maximum atomic E-state index is 14.3. The average Bonchev–Trinajstić information content (AvgIpc) is 3.56. The molecule has 0 saturated carbocycles. The number of nitrogens with zero attached hydrogens (tertiary/aromatic N) is 8. The summed E-state index contributed by atoms with van der Waals surface area (Å²) in [6.07, 6.45) is 5.71. The Morgan fingerprint density at radius 3 is 2.50 bits per heavy atom. The number of halogens is 1. The number of likely N-dealkylation sites (tertiary alicyclic amines) is 2. The number of aliphatic hydroxyl groups is 1. The van der Waals surface area contributed by atoms with E-state index >= 15 is 0 Å². The number of amides is 2. The van der Waals surface area contributed by atoms with E-state index in [1.165, 1.54) is 11.6 Å². The number of carbonyl (C=O) groups excluding carboxylic acids is 3. The van der Waals surface area contributed by atoms with Crippen molar-refractivity contribution in [3.63, 3.8) is 0 Å². The summed E-state index contributed by atoms with van der Waals surface area (Å²) in [5.41, 5.74) is 2.84. The van der Waals surface area contributed by atoms with Crippen molar-refractivity contribution in [3.05, 3.63) is 58.5 Å². The van der Waals surface area contributed by atoms with Gasteiger partial charge < -0.3 is 15.3 Å². The van der Waals surface area contributed by atoms with Crippen LogP contribution in [0.4, 0.5) is 5.82 Å². The average molecular weight is 691 g/mol. The van der Waals surface area contributed by atoms with Crippen molar-refractivity contribution in [2.75, 3.05) is 25.0 Å². The zero-order valence-corrected chi connectivity index (χ0v) is 27.7. The van der Waals surface area contributed by atoms with Gasteiger partial charge in [0.2, 0.25) is 11.8 Å². The van der Waals surface area contributed by atoms with E-state index in [4.69, 9.17) is 0 Å². The predicted octanol–water partition coefficient (Wildman–Crippen LogP) is 3.18. The van der Waals surface area contributed by atoms with Crippen molar-refractivity contribution in [1.29, 1.82) is 0 Å². The van der Waals surface area contributed by atoms with Gasteiger partial charge in [0.1, 0.15) is 34.5 Å². The summed E-state index contributed by atoms with van der Waals surface area (Å²) in [6.45, 7) is 8.76. The van der Waals surface area contributed by atoms with Gasteiger partial charge in [-0.05, 0) is 66.2 Å². The molecule has 3 atom stereocenters. The first kappa shape index (κ1) is 31.8. The van der Waals surface area contributed by atoms with Crippen LogP contribution in [0.15, 0.2) is 41.4 Å². The molecule has 46 heavy (non-hydrogen) atoms. The second kappa shape index (κ2) is 12.9. The van der Waals surface area contributed by atoms with E-state index in [1.807, 2.05) is 19.9 Å². The van der Waals surface area contributed by atoms with Crippen molar-refractivity contribution in [3.8, 4) is 11.3 Å². The smallest absolute Gasteiger partial charge is 0.248 e. The summed E-state index contributed by atoms with van der Waals surface area (Å²) in [4.78, 5) is 62.2. The number of ketones is 1. The predicted molar refractivity (Wildman–Crippen MR) is 174 cm³/mol. The highest BCUT2D eigenvalue weighted by Gasteiger charge is 2.47. The zero-order valence-electron chi connectivity index (χ0n) is 26.1. The fourth-order valence-corrected chi connectivity index (χ4v) is 6.84. The Hall–Kier alpha value is -4.14. The van der Waals surface area contributed by atoms with Crippen LogP contribution in [0.5, 0.6) is 0 Å². The van der Waals surface area contributed by atoms with Crippen LogP contribution in [0.1, 0.15) is 48.6 Å². The van der Waals surface area contributed by atoms with Crippen molar-refractivity contribution in [2.45, 2.75) is 65.3 Å². The number of hydrogen-bond donors (Lipinski definition) is 2. The van der Waals surface area contributed by atoms with E-state index in [-0.39, 0.29) is 47.9 Å². The molecule has 6 heterocycles. The number of aromatic nitrogens is 6. The molecule has 14 heteroatoms. The van der Waals surface area contributed by atoms with Gasteiger partial charge in [0.05, 0.1) is 23.5 Å². The number of aliphatic hydroxyl groups excluding tert-OH is 1. The first-order valence-corrected chi connectivity index (χ1v) is 16.1. The Labute approximate surface area is 274 Å². The lowest BCUT2D eigenvalue weighted by atomic mass is 9.94. The van der Waals surface area contributed by atoms with Crippen LogP contribution >= 0.6 is 15.9 Å². The van der Waals surface area contributed by atoms with Gasteiger partial charge in [-0.15, -0.1) is 0 Å².